The standard InChI is InChI=1S/C21H32N2O/c1-22(21(24)19-12-5-6-13-19)20-14-8-16-23(17-20)15-7-11-18-9-3-2-4-10-18/h2-4,9-10,19-20H,5-8,11-17H2,1H3/t20-/m0/s1. The number of benzene rings is 1. The highest BCUT2D eigenvalue weighted by Gasteiger charge is 2.31. The monoisotopic (exact) mass is 328 g/mol. The van der Waals surface area contributed by atoms with E-state index >= 15 is 0 Å². The van der Waals surface area contributed by atoms with Crippen LogP contribution in [0.25, 0.3) is 0 Å². The molecule has 0 N–H and O–H groups in total. The van der Waals surface area contributed by atoms with E-state index in [-0.39, 0.29) is 0 Å². The molecule has 1 amide bonds. The maximum absolute atomic E-state index is 12.7. The molecule has 1 atom stereocenters. The van der Waals surface area contributed by atoms with Crippen LogP contribution in [0.2, 0.25) is 0 Å². The van der Waals surface area contributed by atoms with Gasteiger partial charge in [0, 0.05) is 25.6 Å². The predicted molar refractivity (Wildman–Crippen MR) is 99.0 cm³/mol. The number of aryl methyl sites for hydroxylation is 1. The number of nitrogens with zero attached hydrogens (tertiary/aromatic N) is 2. The minimum atomic E-state index is 0.309. The van der Waals surface area contributed by atoms with Gasteiger partial charge < -0.3 is 9.80 Å². The van der Waals surface area contributed by atoms with Crippen molar-refractivity contribution in [3.05, 3.63) is 35.9 Å². The summed E-state index contributed by atoms with van der Waals surface area (Å²) in [6.07, 6.45) is 9.44. The summed E-state index contributed by atoms with van der Waals surface area (Å²) in [5, 5.41) is 0. The average molecular weight is 328 g/mol. The largest absolute Gasteiger partial charge is 0.341 e. The second kappa shape index (κ2) is 8.66. The fraction of sp³-hybridized carbons (Fsp3) is 0.667. The minimum Gasteiger partial charge on any atom is -0.341 e. The summed E-state index contributed by atoms with van der Waals surface area (Å²) in [4.78, 5) is 17.3. The first-order chi connectivity index (χ1) is 11.7. The van der Waals surface area contributed by atoms with Gasteiger partial charge in [-0.15, -0.1) is 0 Å². The maximum atomic E-state index is 12.7. The van der Waals surface area contributed by atoms with Gasteiger partial charge in [0.05, 0.1) is 0 Å². The molecule has 1 heterocycles. The van der Waals surface area contributed by atoms with Crippen molar-refractivity contribution < 1.29 is 4.79 Å². The zero-order valence-electron chi connectivity index (χ0n) is 15.1. The molecule has 0 aromatic heterocycles. The molecule has 1 aliphatic carbocycles. The van der Waals surface area contributed by atoms with Crippen molar-refractivity contribution in [3.63, 3.8) is 0 Å². The van der Waals surface area contributed by atoms with Crippen LogP contribution >= 0.6 is 0 Å². The molecule has 0 unspecified atom stereocenters. The number of carbonyl (C=O) groups excluding carboxylic acids is 1. The molecule has 3 nitrogen and oxygen atoms in total. The summed E-state index contributed by atoms with van der Waals surface area (Å²) in [7, 11) is 2.04. The van der Waals surface area contributed by atoms with Crippen molar-refractivity contribution in [2.45, 2.75) is 57.4 Å². The number of likely N-dealkylation sites (tertiary alicyclic amines) is 1. The van der Waals surface area contributed by atoms with Crippen LogP contribution in [-0.4, -0.2) is 48.4 Å². The third-order valence-corrected chi connectivity index (χ3v) is 5.86. The van der Waals surface area contributed by atoms with Crippen molar-refractivity contribution >= 4 is 5.91 Å². The van der Waals surface area contributed by atoms with E-state index in [1.807, 2.05) is 7.05 Å². The molecule has 1 aromatic rings. The molecular weight excluding hydrogens is 296 g/mol. The summed E-state index contributed by atoms with van der Waals surface area (Å²) in [6.45, 7) is 3.40. The van der Waals surface area contributed by atoms with Crippen LogP contribution in [0.1, 0.15) is 50.5 Å². The molecule has 3 heteroatoms. The van der Waals surface area contributed by atoms with Gasteiger partial charge in [-0.3, -0.25) is 4.79 Å². The van der Waals surface area contributed by atoms with E-state index in [4.69, 9.17) is 0 Å². The molecule has 1 aliphatic heterocycles. The second-order valence-electron chi connectivity index (χ2n) is 7.62. The van der Waals surface area contributed by atoms with Gasteiger partial charge in [0.1, 0.15) is 0 Å². The zero-order chi connectivity index (χ0) is 16.8. The van der Waals surface area contributed by atoms with Crippen LogP contribution in [-0.2, 0) is 11.2 Å². The van der Waals surface area contributed by atoms with Crippen molar-refractivity contribution in [1.29, 1.82) is 0 Å². The van der Waals surface area contributed by atoms with Crippen LogP contribution in [0.3, 0.4) is 0 Å². The van der Waals surface area contributed by atoms with Gasteiger partial charge in [0.25, 0.3) is 0 Å². The van der Waals surface area contributed by atoms with Crippen LogP contribution in [0.15, 0.2) is 30.3 Å². The minimum absolute atomic E-state index is 0.309. The van der Waals surface area contributed by atoms with Crippen molar-refractivity contribution in [3.8, 4) is 0 Å². The van der Waals surface area contributed by atoms with Crippen LogP contribution in [0.4, 0.5) is 0 Å². The highest BCUT2D eigenvalue weighted by molar-refractivity contribution is 5.79. The molecule has 2 fully saturated rings. The zero-order valence-corrected chi connectivity index (χ0v) is 15.1. The molecule has 1 saturated carbocycles. The molecule has 1 saturated heterocycles. The fourth-order valence-corrected chi connectivity index (χ4v) is 4.34. The van der Waals surface area contributed by atoms with E-state index in [1.54, 1.807) is 0 Å². The quantitative estimate of drug-likeness (QED) is 0.794. The molecular formula is C21H32N2O. The lowest BCUT2D eigenvalue weighted by atomic mass is 10.0. The number of amides is 1. The van der Waals surface area contributed by atoms with Gasteiger partial charge in [-0.2, -0.15) is 0 Å². The summed E-state index contributed by atoms with van der Waals surface area (Å²) < 4.78 is 0. The molecule has 0 bridgehead atoms. The number of hydrogen-bond donors (Lipinski definition) is 0. The summed E-state index contributed by atoms with van der Waals surface area (Å²) in [5.41, 5.74) is 1.43. The van der Waals surface area contributed by atoms with Gasteiger partial charge >= 0.3 is 0 Å². The Morgan fingerprint density at radius 2 is 1.88 bits per heavy atom. The molecule has 3 rings (SSSR count). The first kappa shape index (κ1) is 17.5. The van der Waals surface area contributed by atoms with E-state index in [0.717, 1.165) is 32.4 Å². The first-order valence-electron chi connectivity index (χ1n) is 9.77. The SMILES string of the molecule is CN(C(=O)C1CCCC1)[C@H]1CCCN(CCCc2ccccc2)C1. The second-order valence-corrected chi connectivity index (χ2v) is 7.62. The Hall–Kier alpha value is -1.35. The van der Waals surface area contributed by atoms with Gasteiger partial charge in [-0.1, -0.05) is 43.2 Å². The Bertz CT molecular complexity index is 510. The fourth-order valence-electron chi connectivity index (χ4n) is 4.34. The van der Waals surface area contributed by atoms with Crippen LogP contribution in [0.5, 0.6) is 0 Å². The molecule has 0 radical (unpaired) electrons. The Morgan fingerprint density at radius 1 is 1.12 bits per heavy atom. The van der Waals surface area contributed by atoms with Crippen molar-refractivity contribution in [2.75, 3.05) is 26.7 Å². The van der Waals surface area contributed by atoms with E-state index in [2.05, 4.69) is 40.1 Å². The summed E-state index contributed by atoms with van der Waals surface area (Å²) >= 11 is 0. The normalized spacial score (nSPS) is 22.6. The van der Waals surface area contributed by atoms with E-state index in [1.165, 1.54) is 44.2 Å². The van der Waals surface area contributed by atoms with Gasteiger partial charge in [0.15, 0.2) is 0 Å². The first-order valence-corrected chi connectivity index (χ1v) is 9.77. The van der Waals surface area contributed by atoms with E-state index < -0.39 is 0 Å². The highest BCUT2D eigenvalue weighted by atomic mass is 16.2. The third-order valence-electron chi connectivity index (χ3n) is 5.86. The molecule has 0 spiro atoms. The Kier molecular flexibility index (Phi) is 6.30. The summed E-state index contributed by atoms with van der Waals surface area (Å²) in [6, 6.07) is 11.2. The number of carbonyl (C=O) groups is 1. The van der Waals surface area contributed by atoms with Crippen molar-refractivity contribution in [1.82, 2.24) is 9.80 Å². The van der Waals surface area contributed by atoms with Gasteiger partial charge in [-0.05, 0) is 57.2 Å². The number of likely N-dealkylation sites (N-methyl/N-ethyl adjacent to an activating group) is 1. The Balaban J connectivity index is 1.44. The lowest BCUT2D eigenvalue weighted by Gasteiger charge is -2.38. The predicted octanol–water partition coefficient (Wildman–Crippen LogP) is 3.73. The van der Waals surface area contributed by atoms with Gasteiger partial charge in [-0.25, -0.2) is 0 Å². The number of piperidine rings is 1. The number of hydrogen-bond acceptors (Lipinski definition) is 2. The molecule has 2 aliphatic rings. The van der Waals surface area contributed by atoms with Crippen molar-refractivity contribution in [2.24, 2.45) is 5.92 Å². The molecule has 132 valence electrons. The lowest BCUT2D eigenvalue weighted by molar-refractivity contribution is -0.137. The Morgan fingerprint density at radius 3 is 2.62 bits per heavy atom. The maximum Gasteiger partial charge on any atom is 0.225 e. The van der Waals surface area contributed by atoms with Crippen LogP contribution in [0, 0.1) is 5.92 Å². The number of rotatable bonds is 6. The molecule has 1 aromatic carbocycles. The smallest absolute Gasteiger partial charge is 0.225 e. The lowest BCUT2D eigenvalue weighted by Crippen LogP contribution is -2.50. The summed E-state index contributed by atoms with van der Waals surface area (Å²) in [5.74, 6) is 0.715. The third kappa shape index (κ3) is 4.60. The highest BCUT2D eigenvalue weighted by Crippen LogP contribution is 2.28. The Labute approximate surface area is 147 Å². The van der Waals surface area contributed by atoms with E-state index in [9.17, 15) is 4.79 Å². The molecule has 24 heavy (non-hydrogen) atoms. The average Bonchev–Trinajstić information content (AvgIpc) is 3.16. The van der Waals surface area contributed by atoms with Gasteiger partial charge in [0.2, 0.25) is 5.91 Å². The topological polar surface area (TPSA) is 23.6 Å². The van der Waals surface area contributed by atoms with Crippen LogP contribution < -0.4 is 0 Å². The van der Waals surface area contributed by atoms with E-state index in [0.29, 0.717) is 17.9 Å².